The normalized spacial score (nSPS) is 21.3. The van der Waals surface area contributed by atoms with E-state index in [1.165, 1.54) is 0 Å². The molecule has 1 saturated heterocycles. The molecule has 0 bridgehead atoms. The number of hydrogen-bond acceptors (Lipinski definition) is 3. The van der Waals surface area contributed by atoms with E-state index in [4.69, 9.17) is 4.74 Å². The lowest BCUT2D eigenvalue weighted by Gasteiger charge is -2.45. The van der Waals surface area contributed by atoms with Crippen LogP contribution in [0.1, 0.15) is 27.2 Å². The maximum atomic E-state index is 11.4. The lowest BCUT2D eigenvalue weighted by Crippen LogP contribution is -2.58. The van der Waals surface area contributed by atoms with Crippen molar-refractivity contribution in [2.24, 2.45) is 0 Å². The zero-order valence-corrected chi connectivity index (χ0v) is 7.79. The van der Waals surface area contributed by atoms with Crippen LogP contribution in [-0.2, 0) is 4.74 Å². The van der Waals surface area contributed by atoms with Gasteiger partial charge in [0.1, 0.15) is 5.60 Å². The molecule has 1 aliphatic rings. The van der Waals surface area contributed by atoms with E-state index in [9.17, 15) is 10.0 Å². The monoisotopic (exact) mass is 173 g/mol. The standard InChI is InChI=1S/C8H15NO3/c1-8(2,3)12-7(10)9(11)5-4-6-9/h4-6H2,1-3H3. The molecule has 12 heavy (non-hydrogen) atoms. The molecule has 0 aliphatic carbocycles. The number of nitrogens with zero attached hydrogens (tertiary/aromatic N) is 1. The SMILES string of the molecule is CC(C)(C)OC(=O)[N+]1([O-])CCC1. The molecule has 0 unspecified atom stereocenters. The summed E-state index contributed by atoms with van der Waals surface area (Å²) in [5.41, 5.74) is -0.553. The Morgan fingerprint density at radius 1 is 1.42 bits per heavy atom. The van der Waals surface area contributed by atoms with E-state index in [1.54, 1.807) is 20.8 Å². The predicted octanol–water partition coefficient (Wildman–Crippen LogP) is 1.64. The minimum Gasteiger partial charge on any atom is -0.622 e. The van der Waals surface area contributed by atoms with Crippen LogP contribution in [0.3, 0.4) is 0 Å². The molecule has 0 aromatic carbocycles. The second-order valence-electron chi connectivity index (χ2n) is 4.17. The van der Waals surface area contributed by atoms with Crippen molar-refractivity contribution in [3.63, 3.8) is 0 Å². The maximum Gasteiger partial charge on any atom is 0.516 e. The van der Waals surface area contributed by atoms with Gasteiger partial charge in [-0.1, -0.05) is 0 Å². The van der Waals surface area contributed by atoms with Gasteiger partial charge in [0.05, 0.1) is 13.1 Å². The van der Waals surface area contributed by atoms with Crippen LogP contribution < -0.4 is 0 Å². The number of ether oxygens (including phenoxy) is 1. The van der Waals surface area contributed by atoms with Gasteiger partial charge >= 0.3 is 6.09 Å². The highest BCUT2D eigenvalue weighted by molar-refractivity contribution is 5.61. The van der Waals surface area contributed by atoms with E-state index < -0.39 is 16.3 Å². The Kier molecular flexibility index (Phi) is 2.14. The summed E-state index contributed by atoms with van der Waals surface area (Å²) < 4.78 is 4.17. The van der Waals surface area contributed by atoms with E-state index in [2.05, 4.69) is 0 Å². The van der Waals surface area contributed by atoms with E-state index in [1.807, 2.05) is 0 Å². The molecule has 1 fully saturated rings. The highest BCUT2D eigenvalue weighted by Gasteiger charge is 2.38. The molecule has 0 radical (unpaired) electrons. The first-order chi connectivity index (χ1) is 5.33. The van der Waals surface area contributed by atoms with Gasteiger partial charge in [-0.15, -0.1) is 0 Å². The summed E-state index contributed by atoms with van der Waals surface area (Å²) in [7, 11) is 0. The predicted molar refractivity (Wildman–Crippen MR) is 44.2 cm³/mol. The van der Waals surface area contributed by atoms with Crippen molar-refractivity contribution in [2.75, 3.05) is 13.1 Å². The molecule has 70 valence electrons. The zero-order valence-electron chi connectivity index (χ0n) is 7.79. The maximum absolute atomic E-state index is 11.4. The lowest BCUT2D eigenvalue weighted by molar-refractivity contribution is -0.849. The van der Waals surface area contributed by atoms with Crippen LogP contribution in [0.15, 0.2) is 0 Å². The van der Waals surface area contributed by atoms with Gasteiger partial charge in [0.2, 0.25) is 0 Å². The van der Waals surface area contributed by atoms with Gasteiger partial charge in [0, 0.05) is 6.42 Å². The third-order valence-electron chi connectivity index (χ3n) is 1.76. The van der Waals surface area contributed by atoms with Gasteiger partial charge in [0.25, 0.3) is 0 Å². The summed E-state index contributed by atoms with van der Waals surface area (Å²) in [5, 5.41) is 11.4. The van der Waals surface area contributed by atoms with E-state index in [0.717, 1.165) is 6.42 Å². The van der Waals surface area contributed by atoms with E-state index in [-0.39, 0.29) is 0 Å². The molecule has 1 rings (SSSR count). The Morgan fingerprint density at radius 3 is 2.17 bits per heavy atom. The fourth-order valence-electron chi connectivity index (χ4n) is 0.973. The minimum absolute atomic E-state index is 0.370. The van der Waals surface area contributed by atoms with Gasteiger partial charge in [-0.25, -0.2) is 0 Å². The van der Waals surface area contributed by atoms with Crippen LogP contribution in [0.5, 0.6) is 0 Å². The third kappa shape index (κ3) is 1.95. The third-order valence-corrected chi connectivity index (χ3v) is 1.76. The number of carbonyl (C=O) groups excluding carboxylic acids is 1. The van der Waals surface area contributed by atoms with Crippen LogP contribution in [0.2, 0.25) is 0 Å². The Morgan fingerprint density at radius 2 is 1.92 bits per heavy atom. The minimum atomic E-state index is -0.794. The molecule has 0 spiro atoms. The first-order valence-corrected chi connectivity index (χ1v) is 4.15. The van der Waals surface area contributed by atoms with Crippen molar-refractivity contribution in [2.45, 2.75) is 32.8 Å². The summed E-state index contributed by atoms with van der Waals surface area (Å²) in [5.74, 6) is 0. The molecule has 0 N–H and O–H groups in total. The zero-order chi connectivity index (χ0) is 9.41. The number of amides is 1. The number of quaternary nitrogens is 1. The Balaban J connectivity index is 2.49. The molecule has 0 atom stereocenters. The first-order valence-electron chi connectivity index (χ1n) is 4.15. The molecule has 0 saturated carbocycles. The van der Waals surface area contributed by atoms with E-state index in [0.29, 0.717) is 13.1 Å². The Labute approximate surface area is 72.3 Å². The second-order valence-corrected chi connectivity index (χ2v) is 4.17. The van der Waals surface area contributed by atoms with Crippen LogP contribution in [0.25, 0.3) is 0 Å². The lowest BCUT2D eigenvalue weighted by atomic mass is 10.2. The number of carbonyl (C=O) groups is 1. The van der Waals surface area contributed by atoms with Gasteiger partial charge in [-0.05, 0) is 20.8 Å². The topological polar surface area (TPSA) is 49.4 Å². The molecule has 4 heteroatoms. The van der Waals surface area contributed by atoms with Gasteiger partial charge in [-0.3, -0.25) is 4.65 Å². The van der Waals surface area contributed by atoms with Crippen LogP contribution in [0.4, 0.5) is 4.79 Å². The molecule has 1 amide bonds. The molecule has 4 nitrogen and oxygen atoms in total. The fraction of sp³-hybridized carbons (Fsp3) is 0.875. The molecule has 0 aromatic rings. The summed E-state index contributed by atoms with van der Waals surface area (Å²) >= 11 is 0. The van der Waals surface area contributed by atoms with Gasteiger partial charge < -0.3 is 9.94 Å². The quantitative estimate of drug-likeness (QED) is 0.413. The van der Waals surface area contributed by atoms with Crippen molar-refractivity contribution >= 4 is 6.09 Å². The van der Waals surface area contributed by atoms with E-state index >= 15 is 0 Å². The smallest absolute Gasteiger partial charge is 0.516 e. The molecule has 1 heterocycles. The van der Waals surface area contributed by atoms with Crippen molar-refractivity contribution in [1.82, 2.24) is 0 Å². The van der Waals surface area contributed by atoms with Crippen LogP contribution in [0, 0.1) is 5.21 Å². The van der Waals surface area contributed by atoms with Crippen LogP contribution >= 0.6 is 0 Å². The second kappa shape index (κ2) is 2.71. The fourth-order valence-corrected chi connectivity index (χ4v) is 0.973. The summed E-state index contributed by atoms with van der Waals surface area (Å²) in [4.78, 5) is 11.2. The number of likely N-dealkylation sites (tertiary alicyclic amines) is 1. The molecular weight excluding hydrogens is 158 g/mol. The van der Waals surface area contributed by atoms with Crippen molar-refractivity contribution in [3.8, 4) is 0 Å². The number of hydroxylamine groups is 3. The van der Waals surface area contributed by atoms with Gasteiger partial charge in [-0.2, -0.15) is 4.79 Å². The van der Waals surface area contributed by atoms with Crippen molar-refractivity contribution in [3.05, 3.63) is 5.21 Å². The summed E-state index contributed by atoms with van der Waals surface area (Å²) in [6, 6.07) is 0. The number of hydrogen-bond donors (Lipinski definition) is 0. The Hall–Kier alpha value is -0.610. The van der Waals surface area contributed by atoms with Crippen molar-refractivity contribution in [1.29, 1.82) is 0 Å². The highest BCUT2D eigenvalue weighted by atomic mass is 16.7. The number of rotatable bonds is 0. The first kappa shape index (κ1) is 9.48. The van der Waals surface area contributed by atoms with Crippen LogP contribution in [-0.4, -0.2) is 29.4 Å². The average molecular weight is 173 g/mol. The average Bonchev–Trinajstić information content (AvgIpc) is 1.78. The summed E-state index contributed by atoms with van der Waals surface area (Å²) in [6.45, 7) is 6.02. The highest BCUT2D eigenvalue weighted by Crippen LogP contribution is 2.22. The van der Waals surface area contributed by atoms with Gasteiger partial charge in [0.15, 0.2) is 0 Å². The molecular formula is C8H15NO3. The van der Waals surface area contributed by atoms with Crippen molar-refractivity contribution < 1.29 is 14.2 Å². The molecule has 0 aromatic heterocycles. The molecule has 1 aliphatic heterocycles. The Bertz CT molecular complexity index is 191. The summed E-state index contributed by atoms with van der Waals surface area (Å²) in [6.07, 6.45) is 0.177. The largest absolute Gasteiger partial charge is 0.622 e.